The Morgan fingerprint density at radius 1 is 0.933 bits per heavy atom. The minimum absolute atomic E-state index is 0.396. The van der Waals surface area contributed by atoms with Gasteiger partial charge in [0.25, 0.3) is 0 Å². The molecule has 3 nitrogen and oxygen atoms in total. The van der Waals surface area contributed by atoms with Gasteiger partial charge in [0.05, 0.1) is 12.1 Å². The van der Waals surface area contributed by atoms with Crippen molar-refractivity contribution in [3.8, 4) is 11.5 Å². The van der Waals surface area contributed by atoms with Crippen molar-refractivity contribution in [2.75, 3.05) is 7.11 Å². The molecule has 0 aliphatic heterocycles. The summed E-state index contributed by atoms with van der Waals surface area (Å²) in [5.41, 5.74) is 4.75. The number of methoxy groups -OCH3 is 1. The third-order valence-electron chi connectivity index (χ3n) is 5.12. The molecule has 1 N–H and O–H groups in total. The first-order valence-corrected chi connectivity index (χ1v) is 10.7. The van der Waals surface area contributed by atoms with Crippen LogP contribution in [-0.2, 0) is 19.6 Å². The molecule has 0 saturated heterocycles. The van der Waals surface area contributed by atoms with Gasteiger partial charge < -0.3 is 14.8 Å². The van der Waals surface area contributed by atoms with Gasteiger partial charge in [0.1, 0.15) is 6.61 Å². The molecule has 3 aromatic carbocycles. The van der Waals surface area contributed by atoms with Gasteiger partial charge in [0.2, 0.25) is 0 Å². The van der Waals surface area contributed by atoms with Gasteiger partial charge in [0.15, 0.2) is 11.5 Å². The van der Waals surface area contributed by atoms with E-state index in [0.29, 0.717) is 29.2 Å². The fourth-order valence-corrected chi connectivity index (χ4v) is 3.68. The maximum Gasteiger partial charge on any atom is 0.180 e. The van der Waals surface area contributed by atoms with Crippen LogP contribution in [0.3, 0.4) is 0 Å². The molecule has 0 aliphatic rings. The smallest absolute Gasteiger partial charge is 0.180 e. The Balaban J connectivity index is 1.57. The standard InChI is InChI=1S/C26H30ClNO2/c1-19-8-7-11-22(14-19)18-30-26-24(27)15-23(16-25(26)29-3)17-28-20(2)12-13-21-9-5-4-6-10-21/h4-11,14-16,20,28H,12-13,17-18H2,1-3H3. The van der Waals surface area contributed by atoms with Crippen molar-refractivity contribution in [1.29, 1.82) is 0 Å². The van der Waals surface area contributed by atoms with E-state index in [-0.39, 0.29) is 0 Å². The Bertz CT molecular complexity index is 943. The zero-order valence-electron chi connectivity index (χ0n) is 18.0. The first-order chi connectivity index (χ1) is 14.5. The highest BCUT2D eigenvalue weighted by atomic mass is 35.5. The van der Waals surface area contributed by atoms with Crippen LogP contribution in [0, 0.1) is 6.92 Å². The molecule has 0 fully saturated rings. The number of rotatable bonds is 10. The molecular weight excluding hydrogens is 394 g/mol. The quantitative estimate of drug-likeness (QED) is 0.412. The second-order valence-corrected chi connectivity index (χ2v) is 8.10. The van der Waals surface area contributed by atoms with Crippen LogP contribution in [-0.4, -0.2) is 13.2 Å². The van der Waals surface area contributed by atoms with Crippen LogP contribution in [0.25, 0.3) is 0 Å². The minimum Gasteiger partial charge on any atom is -0.493 e. The van der Waals surface area contributed by atoms with E-state index < -0.39 is 0 Å². The number of hydrogen-bond donors (Lipinski definition) is 1. The molecule has 0 saturated carbocycles. The highest BCUT2D eigenvalue weighted by Gasteiger charge is 2.13. The van der Waals surface area contributed by atoms with Crippen molar-refractivity contribution in [2.45, 2.75) is 45.9 Å². The third kappa shape index (κ3) is 6.51. The van der Waals surface area contributed by atoms with E-state index >= 15 is 0 Å². The highest BCUT2D eigenvalue weighted by molar-refractivity contribution is 6.32. The van der Waals surface area contributed by atoms with Crippen LogP contribution in [0.15, 0.2) is 66.7 Å². The number of hydrogen-bond acceptors (Lipinski definition) is 3. The van der Waals surface area contributed by atoms with E-state index in [9.17, 15) is 0 Å². The molecule has 0 aliphatic carbocycles. The summed E-state index contributed by atoms with van der Waals surface area (Å²) in [7, 11) is 1.64. The van der Waals surface area contributed by atoms with Gasteiger partial charge in [0, 0.05) is 12.6 Å². The van der Waals surface area contributed by atoms with Crippen molar-refractivity contribution in [1.82, 2.24) is 5.32 Å². The largest absolute Gasteiger partial charge is 0.493 e. The molecule has 30 heavy (non-hydrogen) atoms. The predicted octanol–water partition coefficient (Wildman–Crippen LogP) is 6.35. The van der Waals surface area contributed by atoms with E-state index in [2.05, 4.69) is 61.6 Å². The Morgan fingerprint density at radius 2 is 1.70 bits per heavy atom. The topological polar surface area (TPSA) is 30.5 Å². The second kappa shape index (κ2) is 11.1. The van der Waals surface area contributed by atoms with E-state index in [1.54, 1.807) is 7.11 Å². The Kier molecular flexibility index (Phi) is 8.18. The van der Waals surface area contributed by atoms with Gasteiger partial charge in [-0.15, -0.1) is 0 Å². The molecule has 3 aromatic rings. The fourth-order valence-electron chi connectivity index (χ4n) is 3.39. The van der Waals surface area contributed by atoms with Gasteiger partial charge in [-0.1, -0.05) is 71.8 Å². The minimum atomic E-state index is 0.396. The van der Waals surface area contributed by atoms with Crippen LogP contribution in [0.4, 0.5) is 0 Å². The average Bonchev–Trinajstić information content (AvgIpc) is 2.76. The van der Waals surface area contributed by atoms with Gasteiger partial charge in [-0.05, 0) is 55.5 Å². The van der Waals surface area contributed by atoms with Crippen LogP contribution in [0.1, 0.15) is 35.6 Å². The summed E-state index contributed by atoms with van der Waals surface area (Å²) in [5.74, 6) is 1.24. The van der Waals surface area contributed by atoms with Crippen molar-refractivity contribution in [3.63, 3.8) is 0 Å². The molecule has 158 valence electrons. The normalized spacial score (nSPS) is 11.9. The fraction of sp³-hybridized carbons (Fsp3) is 0.308. The lowest BCUT2D eigenvalue weighted by Gasteiger charge is -2.17. The molecule has 3 rings (SSSR count). The van der Waals surface area contributed by atoms with Crippen molar-refractivity contribution in [3.05, 3.63) is 94.0 Å². The first-order valence-electron chi connectivity index (χ1n) is 10.4. The summed E-state index contributed by atoms with van der Waals surface area (Å²) in [6, 6.07) is 23.2. The molecule has 0 spiro atoms. The second-order valence-electron chi connectivity index (χ2n) is 7.69. The summed E-state index contributed by atoms with van der Waals surface area (Å²) >= 11 is 6.53. The molecular formula is C26H30ClNO2. The first kappa shape index (κ1) is 22.2. The van der Waals surface area contributed by atoms with Crippen molar-refractivity contribution >= 4 is 11.6 Å². The third-order valence-corrected chi connectivity index (χ3v) is 5.40. The van der Waals surface area contributed by atoms with E-state index in [1.165, 1.54) is 11.1 Å². The Labute approximate surface area is 185 Å². The molecule has 4 heteroatoms. The number of halogens is 1. The monoisotopic (exact) mass is 423 g/mol. The van der Waals surface area contributed by atoms with Crippen LogP contribution in [0.5, 0.6) is 11.5 Å². The molecule has 0 amide bonds. The van der Waals surface area contributed by atoms with Gasteiger partial charge in [-0.2, -0.15) is 0 Å². The summed E-state index contributed by atoms with van der Waals surface area (Å²) < 4.78 is 11.5. The summed E-state index contributed by atoms with van der Waals surface area (Å²) in [6.45, 7) is 5.46. The Morgan fingerprint density at radius 3 is 2.43 bits per heavy atom. The van der Waals surface area contributed by atoms with Gasteiger partial charge in [-0.3, -0.25) is 0 Å². The van der Waals surface area contributed by atoms with E-state index in [4.69, 9.17) is 21.1 Å². The maximum absolute atomic E-state index is 6.53. The summed E-state index contributed by atoms with van der Waals surface area (Å²) in [6.07, 6.45) is 2.14. The molecule has 0 bridgehead atoms. The van der Waals surface area contributed by atoms with Crippen LogP contribution >= 0.6 is 11.6 Å². The lowest BCUT2D eigenvalue weighted by Crippen LogP contribution is -2.26. The van der Waals surface area contributed by atoms with Crippen molar-refractivity contribution < 1.29 is 9.47 Å². The van der Waals surface area contributed by atoms with Crippen molar-refractivity contribution in [2.24, 2.45) is 0 Å². The molecule has 0 radical (unpaired) electrons. The molecule has 0 aromatic heterocycles. The number of nitrogens with one attached hydrogen (secondary N) is 1. The average molecular weight is 424 g/mol. The van der Waals surface area contributed by atoms with E-state index in [0.717, 1.165) is 30.5 Å². The highest BCUT2D eigenvalue weighted by Crippen LogP contribution is 2.37. The summed E-state index contributed by atoms with van der Waals surface area (Å²) in [5, 5.41) is 4.14. The maximum atomic E-state index is 6.53. The number of benzene rings is 3. The predicted molar refractivity (Wildman–Crippen MR) is 125 cm³/mol. The summed E-state index contributed by atoms with van der Waals surface area (Å²) in [4.78, 5) is 0. The number of aryl methyl sites for hydroxylation is 2. The molecule has 1 unspecified atom stereocenters. The van der Waals surface area contributed by atoms with Crippen LogP contribution in [0.2, 0.25) is 5.02 Å². The van der Waals surface area contributed by atoms with Gasteiger partial charge >= 0.3 is 0 Å². The zero-order valence-corrected chi connectivity index (χ0v) is 18.7. The van der Waals surface area contributed by atoms with Gasteiger partial charge in [-0.25, -0.2) is 0 Å². The number of ether oxygens (including phenoxy) is 2. The van der Waals surface area contributed by atoms with Crippen LogP contribution < -0.4 is 14.8 Å². The SMILES string of the molecule is COc1cc(CNC(C)CCc2ccccc2)cc(Cl)c1OCc1cccc(C)c1. The lowest BCUT2D eigenvalue weighted by molar-refractivity contribution is 0.284. The van der Waals surface area contributed by atoms with E-state index in [1.807, 2.05) is 24.3 Å². The lowest BCUT2D eigenvalue weighted by atomic mass is 10.1. The molecule has 0 heterocycles. The molecule has 1 atom stereocenters. The Hall–Kier alpha value is -2.49. The zero-order chi connectivity index (χ0) is 21.3.